The minimum absolute atomic E-state index is 0.00522. The van der Waals surface area contributed by atoms with Gasteiger partial charge in [-0.3, -0.25) is 0 Å². The second-order valence-corrected chi connectivity index (χ2v) is 7.85. The molecule has 0 unspecified atom stereocenters. The molecule has 0 atom stereocenters. The molecule has 1 aliphatic carbocycles. The quantitative estimate of drug-likeness (QED) is 0.771. The van der Waals surface area contributed by atoms with Crippen LogP contribution in [0.3, 0.4) is 0 Å². The highest BCUT2D eigenvalue weighted by Gasteiger charge is 2.44. The smallest absolute Gasteiger partial charge is 0.155 e. The lowest BCUT2D eigenvalue weighted by Crippen LogP contribution is -2.20. The first-order valence-corrected chi connectivity index (χ1v) is 8.78. The van der Waals surface area contributed by atoms with Gasteiger partial charge < -0.3 is 0 Å². The van der Waals surface area contributed by atoms with Gasteiger partial charge in [-0.05, 0) is 36.0 Å². The summed E-state index contributed by atoms with van der Waals surface area (Å²) in [4.78, 5) is 0. The zero-order valence-electron chi connectivity index (χ0n) is 9.33. The Morgan fingerprint density at radius 3 is 2.29 bits per heavy atom. The third-order valence-electron chi connectivity index (χ3n) is 3.07. The zero-order chi connectivity index (χ0) is 12.5. The Bertz CT molecular complexity index is 492. The van der Waals surface area contributed by atoms with Crippen molar-refractivity contribution >= 4 is 37.4 Å². The van der Waals surface area contributed by atoms with E-state index >= 15 is 0 Å². The molecule has 0 N–H and O–H groups in total. The Kier molecular flexibility index (Phi) is 3.86. The van der Waals surface area contributed by atoms with Crippen molar-refractivity contribution in [3.8, 4) is 0 Å². The largest absolute Gasteiger partial charge is 0.228 e. The van der Waals surface area contributed by atoms with Crippen molar-refractivity contribution in [3.63, 3.8) is 0 Å². The van der Waals surface area contributed by atoms with Gasteiger partial charge in [0, 0.05) is 10.4 Å². The summed E-state index contributed by atoms with van der Waals surface area (Å²) >= 11 is 9.17. The maximum absolute atomic E-state index is 12.0. The lowest BCUT2D eigenvalue weighted by atomic mass is 10.2. The molecule has 0 bridgehead atoms. The normalized spacial score (nSPS) is 18.0. The van der Waals surface area contributed by atoms with E-state index in [2.05, 4.69) is 15.9 Å². The van der Waals surface area contributed by atoms with Crippen molar-refractivity contribution < 1.29 is 8.42 Å². The van der Waals surface area contributed by atoms with Crippen molar-refractivity contribution in [3.05, 3.63) is 34.9 Å². The van der Waals surface area contributed by atoms with Gasteiger partial charge in [0.25, 0.3) is 0 Å². The predicted octanol–water partition coefficient (Wildman–Crippen LogP) is 3.43. The van der Waals surface area contributed by atoms with Crippen molar-refractivity contribution in [2.24, 2.45) is 5.41 Å². The molecule has 0 aromatic heterocycles. The summed E-state index contributed by atoms with van der Waals surface area (Å²) in [5, 5.41) is 1.41. The van der Waals surface area contributed by atoms with Crippen LogP contribution in [0.1, 0.15) is 18.4 Å². The fraction of sp³-hybridized carbons (Fsp3) is 0.500. The lowest BCUT2D eigenvalue weighted by molar-refractivity contribution is 0.571. The molecular formula is C12H14BrClO2S. The van der Waals surface area contributed by atoms with Crippen LogP contribution in [0.15, 0.2) is 24.3 Å². The molecule has 1 aromatic carbocycles. The van der Waals surface area contributed by atoms with Crippen LogP contribution in [0, 0.1) is 5.41 Å². The first kappa shape index (κ1) is 13.4. The van der Waals surface area contributed by atoms with Crippen LogP contribution in [0.2, 0.25) is 5.02 Å². The molecule has 1 aromatic rings. The Balaban J connectivity index is 2.04. The highest BCUT2D eigenvalue weighted by Crippen LogP contribution is 2.48. The zero-order valence-corrected chi connectivity index (χ0v) is 12.5. The standard InChI is InChI=1S/C12H14BrClO2S/c13-8-12(5-6-12)9-17(15,16)7-10-1-3-11(14)4-2-10/h1-4H,5-9H2. The van der Waals surface area contributed by atoms with E-state index in [0.717, 1.165) is 23.7 Å². The van der Waals surface area contributed by atoms with Gasteiger partial charge >= 0.3 is 0 Å². The van der Waals surface area contributed by atoms with Gasteiger partial charge in [-0.25, -0.2) is 8.42 Å². The summed E-state index contributed by atoms with van der Waals surface area (Å²) in [6.07, 6.45) is 2.02. The summed E-state index contributed by atoms with van der Waals surface area (Å²) < 4.78 is 24.1. The molecule has 5 heteroatoms. The van der Waals surface area contributed by atoms with Gasteiger partial charge in [-0.15, -0.1) is 0 Å². The highest BCUT2D eigenvalue weighted by atomic mass is 79.9. The molecule has 0 heterocycles. The minimum atomic E-state index is -3.03. The maximum atomic E-state index is 12.0. The van der Waals surface area contributed by atoms with Gasteiger partial charge in [0.1, 0.15) is 0 Å². The van der Waals surface area contributed by atoms with E-state index in [1.54, 1.807) is 24.3 Å². The molecule has 0 spiro atoms. The predicted molar refractivity (Wildman–Crippen MR) is 74.4 cm³/mol. The Morgan fingerprint density at radius 2 is 1.82 bits per heavy atom. The number of halogens is 2. The molecule has 2 rings (SSSR count). The van der Waals surface area contributed by atoms with Gasteiger partial charge in [0.05, 0.1) is 11.5 Å². The van der Waals surface area contributed by atoms with E-state index in [9.17, 15) is 8.42 Å². The van der Waals surface area contributed by atoms with Crippen LogP contribution in [-0.4, -0.2) is 19.5 Å². The molecule has 0 radical (unpaired) electrons. The average molecular weight is 338 g/mol. The van der Waals surface area contributed by atoms with E-state index in [0.29, 0.717) is 5.02 Å². The van der Waals surface area contributed by atoms with Gasteiger partial charge in [0.15, 0.2) is 9.84 Å². The molecule has 94 valence electrons. The molecule has 1 saturated carbocycles. The Labute approximate surface area is 115 Å². The lowest BCUT2D eigenvalue weighted by Gasteiger charge is -2.11. The molecular weight excluding hydrogens is 324 g/mol. The number of sulfone groups is 1. The van der Waals surface area contributed by atoms with Gasteiger partial charge in [0.2, 0.25) is 0 Å². The molecule has 2 nitrogen and oxygen atoms in total. The molecule has 0 aliphatic heterocycles. The van der Waals surface area contributed by atoms with Crippen molar-refractivity contribution in [1.82, 2.24) is 0 Å². The van der Waals surface area contributed by atoms with Gasteiger partial charge in [-0.2, -0.15) is 0 Å². The van der Waals surface area contributed by atoms with Gasteiger partial charge in [-0.1, -0.05) is 39.7 Å². The molecule has 1 aliphatic rings. The highest BCUT2D eigenvalue weighted by molar-refractivity contribution is 9.09. The monoisotopic (exact) mass is 336 g/mol. The third-order valence-corrected chi connectivity index (χ3v) is 6.33. The van der Waals surface area contributed by atoms with Crippen molar-refractivity contribution in [2.45, 2.75) is 18.6 Å². The van der Waals surface area contributed by atoms with Crippen LogP contribution in [0.4, 0.5) is 0 Å². The number of hydrogen-bond acceptors (Lipinski definition) is 2. The summed E-state index contributed by atoms with van der Waals surface area (Å²) in [5.41, 5.74) is 0.811. The number of benzene rings is 1. The van der Waals surface area contributed by atoms with Crippen LogP contribution < -0.4 is 0 Å². The third kappa shape index (κ3) is 3.70. The number of alkyl halides is 1. The molecule has 17 heavy (non-hydrogen) atoms. The van der Waals surface area contributed by atoms with E-state index in [1.165, 1.54) is 0 Å². The van der Waals surface area contributed by atoms with Crippen LogP contribution >= 0.6 is 27.5 Å². The maximum Gasteiger partial charge on any atom is 0.155 e. The topological polar surface area (TPSA) is 34.1 Å². The number of hydrogen-bond donors (Lipinski definition) is 0. The van der Waals surface area contributed by atoms with E-state index in [1.807, 2.05) is 0 Å². The first-order valence-electron chi connectivity index (χ1n) is 5.46. The van der Waals surface area contributed by atoms with E-state index in [-0.39, 0.29) is 16.9 Å². The molecule has 0 saturated heterocycles. The first-order chi connectivity index (χ1) is 7.95. The number of rotatable bonds is 5. The van der Waals surface area contributed by atoms with E-state index in [4.69, 9.17) is 11.6 Å². The SMILES string of the molecule is O=S(=O)(Cc1ccc(Cl)cc1)CC1(CBr)CC1. The van der Waals surface area contributed by atoms with E-state index < -0.39 is 9.84 Å². The second-order valence-electron chi connectivity index (χ2n) is 4.79. The average Bonchev–Trinajstić information content (AvgIpc) is 3.01. The fourth-order valence-corrected chi connectivity index (χ4v) is 5.12. The Hall–Kier alpha value is -0.0600. The summed E-state index contributed by atoms with van der Waals surface area (Å²) in [7, 11) is -3.03. The second kappa shape index (κ2) is 4.90. The Morgan fingerprint density at radius 1 is 1.24 bits per heavy atom. The van der Waals surface area contributed by atoms with Crippen LogP contribution in [0.5, 0.6) is 0 Å². The van der Waals surface area contributed by atoms with Crippen molar-refractivity contribution in [2.75, 3.05) is 11.1 Å². The van der Waals surface area contributed by atoms with Crippen molar-refractivity contribution in [1.29, 1.82) is 0 Å². The molecule has 0 amide bonds. The molecule has 1 fully saturated rings. The van der Waals surface area contributed by atoms with Crippen LogP contribution in [0.25, 0.3) is 0 Å². The minimum Gasteiger partial charge on any atom is -0.228 e. The fourth-order valence-electron chi connectivity index (χ4n) is 1.85. The summed E-state index contributed by atoms with van der Waals surface area (Å²) in [6, 6.07) is 6.99. The van der Waals surface area contributed by atoms with Crippen LogP contribution in [-0.2, 0) is 15.6 Å². The summed E-state index contributed by atoms with van der Waals surface area (Å²) in [5.74, 6) is 0.396. The summed E-state index contributed by atoms with van der Waals surface area (Å²) in [6.45, 7) is 0.